The average Bonchev–Trinajstić information content (AvgIpc) is 2.48. The molecule has 0 spiro atoms. The number of aryl methyl sites for hydroxylation is 2. The fourth-order valence-electron chi connectivity index (χ4n) is 2.57. The SMILES string of the molecule is CCc1ccc(N(C)c2ccc(CC(C)N)c(C)c2)cc1. The van der Waals surface area contributed by atoms with Crippen LogP contribution in [0.15, 0.2) is 42.5 Å². The Balaban J connectivity index is 2.22. The summed E-state index contributed by atoms with van der Waals surface area (Å²) in [5, 5.41) is 0. The topological polar surface area (TPSA) is 29.3 Å². The number of nitrogens with zero attached hydrogens (tertiary/aromatic N) is 1. The smallest absolute Gasteiger partial charge is 0.0410 e. The van der Waals surface area contributed by atoms with Gasteiger partial charge in [0.25, 0.3) is 0 Å². The van der Waals surface area contributed by atoms with E-state index in [-0.39, 0.29) is 6.04 Å². The standard InChI is InChI=1S/C19H26N2/c1-5-16-6-9-18(10-7-16)21(4)19-11-8-17(13-15(3)20)14(2)12-19/h6-12,15H,5,13,20H2,1-4H3. The maximum absolute atomic E-state index is 5.90. The van der Waals surface area contributed by atoms with Crippen molar-refractivity contribution in [2.45, 2.75) is 39.7 Å². The maximum atomic E-state index is 5.90. The Morgan fingerprint density at radius 1 is 1.05 bits per heavy atom. The van der Waals surface area contributed by atoms with Crippen molar-refractivity contribution in [3.63, 3.8) is 0 Å². The third-order valence-electron chi connectivity index (χ3n) is 3.99. The third-order valence-corrected chi connectivity index (χ3v) is 3.99. The molecule has 2 rings (SSSR count). The Morgan fingerprint density at radius 2 is 1.67 bits per heavy atom. The van der Waals surface area contributed by atoms with E-state index in [1.165, 1.54) is 28.1 Å². The summed E-state index contributed by atoms with van der Waals surface area (Å²) in [7, 11) is 2.11. The molecule has 0 bridgehead atoms. The molecule has 1 atom stereocenters. The van der Waals surface area contributed by atoms with Crippen LogP contribution >= 0.6 is 0 Å². The molecule has 2 heteroatoms. The second kappa shape index (κ2) is 6.77. The summed E-state index contributed by atoms with van der Waals surface area (Å²) in [6.07, 6.45) is 2.01. The van der Waals surface area contributed by atoms with Gasteiger partial charge in [-0.15, -0.1) is 0 Å². The molecule has 2 N–H and O–H groups in total. The fourth-order valence-corrected chi connectivity index (χ4v) is 2.57. The minimum Gasteiger partial charge on any atom is -0.345 e. The highest BCUT2D eigenvalue weighted by Gasteiger charge is 2.07. The zero-order chi connectivity index (χ0) is 15.4. The Hall–Kier alpha value is -1.80. The first-order chi connectivity index (χ1) is 10.0. The predicted molar refractivity (Wildman–Crippen MR) is 92.4 cm³/mol. The molecular weight excluding hydrogens is 256 g/mol. The molecule has 0 heterocycles. The van der Waals surface area contributed by atoms with Gasteiger partial charge in [-0.3, -0.25) is 0 Å². The summed E-state index contributed by atoms with van der Waals surface area (Å²) in [5.41, 5.74) is 12.3. The molecule has 0 saturated heterocycles. The summed E-state index contributed by atoms with van der Waals surface area (Å²) in [4.78, 5) is 2.22. The molecule has 21 heavy (non-hydrogen) atoms. The van der Waals surface area contributed by atoms with Gasteiger partial charge in [0.05, 0.1) is 0 Å². The molecule has 0 aromatic heterocycles. The lowest BCUT2D eigenvalue weighted by atomic mass is 10.0. The maximum Gasteiger partial charge on any atom is 0.0410 e. The summed E-state index contributed by atoms with van der Waals surface area (Å²) in [6, 6.07) is 15.6. The van der Waals surface area contributed by atoms with Crippen LogP contribution in [0.5, 0.6) is 0 Å². The van der Waals surface area contributed by atoms with E-state index in [4.69, 9.17) is 5.73 Å². The van der Waals surface area contributed by atoms with Crippen LogP contribution in [0.1, 0.15) is 30.5 Å². The highest BCUT2D eigenvalue weighted by atomic mass is 15.1. The van der Waals surface area contributed by atoms with Gasteiger partial charge in [-0.2, -0.15) is 0 Å². The van der Waals surface area contributed by atoms with Gasteiger partial charge < -0.3 is 10.6 Å². The Labute approximate surface area is 128 Å². The Morgan fingerprint density at radius 3 is 2.19 bits per heavy atom. The summed E-state index contributed by atoms with van der Waals surface area (Å²) in [5.74, 6) is 0. The molecule has 2 aromatic carbocycles. The molecule has 0 saturated carbocycles. The van der Waals surface area contributed by atoms with Crippen LogP contribution in [0.4, 0.5) is 11.4 Å². The number of benzene rings is 2. The Bertz CT molecular complexity index is 585. The minimum atomic E-state index is 0.203. The van der Waals surface area contributed by atoms with Gasteiger partial charge in [0.1, 0.15) is 0 Å². The molecule has 2 nitrogen and oxygen atoms in total. The average molecular weight is 282 g/mol. The third kappa shape index (κ3) is 3.85. The van der Waals surface area contributed by atoms with E-state index < -0.39 is 0 Å². The van der Waals surface area contributed by atoms with E-state index in [1.807, 2.05) is 0 Å². The lowest BCUT2D eigenvalue weighted by molar-refractivity contribution is 0.735. The van der Waals surface area contributed by atoms with E-state index in [0.29, 0.717) is 0 Å². The van der Waals surface area contributed by atoms with Gasteiger partial charge in [0.2, 0.25) is 0 Å². The first-order valence-corrected chi connectivity index (χ1v) is 7.69. The molecule has 0 aliphatic heterocycles. The molecule has 1 unspecified atom stereocenters. The second-order valence-corrected chi connectivity index (χ2v) is 5.87. The van der Waals surface area contributed by atoms with Crippen molar-refractivity contribution in [3.05, 3.63) is 59.2 Å². The number of hydrogen-bond donors (Lipinski definition) is 1. The van der Waals surface area contributed by atoms with E-state index in [2.05, 4.69) is 75.2 Å². The number of hydrogen-bond acceptors (Lipinski definition) is 2. The van der Waals surface area contributed by atoms with Gasteiger partial charge in [-0.1, -0.05) is 25.1 Å². The van der Waals surface area contributed by atoms with Crippen molar-refractivity contribution < 1.29 is 0 Å². The second-order valence-electron chi connectivity index (χ2n) is 5.87. The van der Waals surface area contributed by atoms with Gasteiger partial charge in [-0.05, 0) is 67.6 Å². The van der Waals surface area contributed by atoms with Crippen molar-refractivity contribution >= 4 is 11.4 Å². The van der Waals surface area contributed by atoms with Crippen LogP contribution in [0.25, 0.3) is 0 Å². The summed E-state index contributed by atoms with van der Waals surface area (Å²) in [6.45, 7) is 6.39. The summed E-state index contributed by atoms with van der Waals surface area (Å²) < 4.78 is 0. The zero-order valence-electron chi connectivity index (χ0n) is 13.6. The van der Waals surface area contributed by atoms with Gasteiger partial charge in [0.15, 0.2) is 0 Å². The van der Waals surface area contributed by atoms with E-state index in [9.17, 15) is 0 Å². The zero-order valence-corrected chi connectivity index (χ0v) is 13.6. The number of anilines is 2. The monoisotopic (exact) mass is 282 g/mol. The van der Waals surface area contributed by atoms with Crippen LogP contribution in [-0.2, 0) is 12.8 Å². The largest absolute Gasteiger partial charge is 0.345 e. The molecule has 2 aromatic rings. The van der Waals surface area contributed by atoms with Crippen LogP contribution in [0, 0.1) is 6.92 Å². The molecule has 0 radical (unpaired) electrons. The van der Waals surface area contributed by atoms with E-state index in [1.54, 1.807) is 0 Å². The van der Waals surface area contributed by atoms with Crippen LogP contribution in [-0.4, -0.2) is 13.1 Å². The van der Waals surface area contributed by atoms with E-state index >= 15 is 0 Å². The van der Waals surface area contributed by atoms with Crippen LogP contribution < -0.4 is 10.6 Å². The molecule has 0 amide bonds. The first kappa shape index (κ1) is 15.6. The Kier molecular flexibility index (Phi) is 5.03. The normalized spacial score (nSPS) is 12.2. The molecule has 112 valence electrons. The van der Waals surface area contributed by atoms with Crippen molar-refractivity contribution in [2.24, 2.45) is 5.73 Å². The van der Waals surface area contributed by atoms with Gasteiger partial charge in [-0.25, -0.2) is 0 Å². The first-order valence-electron chi connectivity index (χ1n) is 7.69. The number of rotatable bonds is 5. The van der Waals surface area contributed by atoms with Crippen molar-refractivity contribution in [3.8, 4) is 0 Å². The minimum absolute atomic E-state index is 0.203. The number of nitrogens with two attached hydrogens (primary N) is 1. The lowest BCUT2D eigenvalue weighted by Gasteiger charge is -2.21. The molecule has 0 fully saturated rings. The van der Waals surface area contributed by atoms with Crippen molar-refractivity contribution in [2.75, 3.05) is 11.9 Å². The highest BCUT2D eigenvalue weighted by Crippen LogP contribution is 2.26. The van der Waals surface area contributed by atoms with Gasteiger partial charge >= 0.3 is 0 Å². The highest BCUT2D eigenvalue weighted by molar-refractivity contribution is 5.64. The molecule has 0 aliphatic rings. The van der Waals surface area contributed by atoms with Crippen molar-refractivity contribution in [1.82, 2.24) is 0 Å². The van der Waals surface area contributed by atoms with Gasteiger partial charge in [0, 0.05) is 24.5 Å². The van der Waals surface area contributed by atoms with Crippen LogP contribution in [0.3, 0.4) is 0 Å². The van der Waals surface area contributed by atoms with E-state index in [0.717, 1.165) is 12.8 Å². The summed E-state index contributed by atoms with van der Waals surface area (Å²) >= 11 is 0. The molecular formula is C19H26N2. The fraction of sp³-hybridized carbons (Fsp3) is 0.368. The van der Waals surface area contributed by atoms with Crippen LogP contribution in [0.2, 0.25) is 0 Å². The van der Waals surface area contributed by atoms with Crippen molar-refractivity contribution in [1.29, 1.82) is 0 Å². The molecule has 0 aliphatic carbocycles. The lowest BCUT2D eigenvalue weighted by Crippen LogP contribution is -2.18. The quantitative estimate of drug-likeness (QED) is 0.890. The predicted octanol–water partition coefficient (Wildman–Crippen LogP) is 4.22.